The van der Waals surface area contributed by atoms with Crippen LogP contribution in [0.1, 0.15) is 23.1 Å². The molecule has 0 aliphatic rings. The molecule has 0 spiro atoms. The predicted molar refractivity (Wildman–Crippen MR) is 100 cm³/mol. The van der Waals surface area contributed by atoms with Crippen molar-refractivity contribution >= 4 is 29.0 Å². The molecule has 0 unspecified atom stereocenters. The molecular weight excluding hydrogens is 413 g/mol. The minimum atomic E-state index is -4.97. The van der Waals surface area contributed by atoms with Gasteiger partial charge in [-0.05, 0) is 29.5 Å². The predicted octanol–water partition coefficient (Wildman–Crippen LogP) is 3.65. The number of thioether (sulfide) groups is 1. The minimum Gasteiger partial charge on any atom is -0.413 e. The van der Waals surface area contributed by atoms with Crippen LogP contribution in [0, 0.1) is 0 Å². The Labute approximate surface area is 166 Å². The summed E-state index contributed by atoms with van der Waals surface area (Å²) < 4.78 is 39.8. The molecule has 0 bridgehead atoms. The number of anilines is 1. The average Bonchev–Trinajstić information content (AvgIpc) is 2.67. The summed E-state index contributed by atoms with van der Waals surface area (Å²) in [6.07, 6.45) is -3.60. The van der Waals surface area contributed by atoms with Gasteiger partial charge in [-0.25, -0.2) is 4.98 Å². The first kappa shape index (κ1) is 22.1. The highest BCUT2D eigenvalue weighted by Gasteiger charge is 2.38. The van der Waals surface area contributed by atoms with Gasteiger partial charge in [-0.1, -0.05) is 12.0 Å². The molecule has 0 aliphatic heterocycles. The van der Waals surface area contributed by atoms with E-state index in [4.69, 9.17) is 5.53 Å². The van der Waals surface area contributed by atoms with Crippen LogP contribution < -0.4 is 15.3 Å². The SMILES string of the molecule is CCSc1cccnc1C(=O)N(C)c1c(N=[N+]=[N-])cc(C(F)(F)F)n(OC)c1=O. The molecule has 0 fully saturated rings. The summed E-state index contributed by atoms with van der Waals surface area (Å²) in [4.78, 5) is 38.0. The molecule has 2 aromatic heterocycles. The van der Waals surface area contributed by atoms with Gasteiger partial charge in [0, 0.05) is 23.1 Å². The molecule has 0 aliphatic carbocycles. The van der Waals surface area contributed by atoms with Gasteiger partial charge >= 0.3 is 11.7 Å². The summed E-state index contributed by atoms with van der Waals surface area (Å²) in [5, 5.41) is 3.17. The number of pyridine rings is 2. The van der Waals surface area contributed by atoms with Gasteiger partial charge < -0.3 is 9.74 Å². The molecule has 0 radical (unpaired) electrons. The summed E-state index contributed by atoms with van der Waals surface area (Å²) in [6, 6.07) is 3.71. The molecule has 2 aromatic rings. The lowest BCUT2D eigenvalue weighted by Gasteiger charge is -2.22. The largest absolute Gasteiger partial charge is 0.434 e. The smallest absolute Gasteiger partial charge is 0.413 e. The zero-order chi connectivity index (χ0) is 21.8. The highest BCUT2D eigenvalue weighted by atomic mass is 32.2. The normalized spacial score (nSPS) is 11.0. The number of hydrogen-bond donors (Lipinski definition) is 0. The highest BCUT2D eigenvalue weighted by Crippen LogP contribution is 2.35. The van der Waals surface area contributed by atoms with Crippen molar-refractivity contribution in [2.24, 2.45) is 5.11 Å². The number of halogens is 3. The Morgan fingerprint density at radius 2 is 2.17 bits per heavy atom. The molecule has 0 N–H and O–H groups in total. The number of carbonyl (C=O) groups is 1. The van der Waals surface area contributed by atoms with Crippen LogP contribution in [0.3, 0.4) is 0 Å². The lowest BCUT2D eigenvalue weighted by Crippen LogP contribution is -2.38. The topological polar surface area (TPSA) is 113 Å². The van der Waals surface area contributed by atoms with Crippen LogP contribution in [-0.4, -0.2) is 35.5 Å². The summed E-state index contributed by atoms with van der Waals surface area (Å²) >= 11 is 1.33. The molecule has 0 atom stereocenters. The summed E-state index contributed by atoms with van der Waals surface area (Å²) in [6.45, 7) is 1.86. The molecule has 0 saturated carbocycles. The van der Waals surface area contributed by atoms with Crippen LogP contribution >= 0.6 is 11.8 Å². The van der Waals surface area contributed by atoms with Gasteiger partial charge in [0.1, 0.15) is 18.5 Å². The molecule has 0 aromatic carbocycles. The quantitative estimate of drug-likeness (QED) is 0.302. The van der Waals surface area contributed by atoms with E-state index in [9.17, 15) is 22.8 Å². The van der Waals surface area contributed by atoms with Gasteiger partial charge in [-0.2, -0.15) is 13.2 Å². The lowest BCUT2D eigenvalue weighted by molar-refractivity contribution is -0.151. The third kappa shape index (κ3) is 4.46. The minimum absolute atomic E-state index is 0.00278. The van der Waals surface area contributed by atoms with Crippen molar-refractivity contribution in [3.05, 3.63) is 56.6 Å². The zero-order valence-corrected chi connectivity index (χ0v) is 16.3. The standard InChI is InChI=1S/C16H15F3N6O3S/c1-4-29-10-6-5-7-21-12(10)14(26)24(2)13-9(22-23-20)8-11(16(17,18)19)25(28-3)15(13)27/h5-8H,4H2,1-3H3. The van der Waals surface area contributed by atoms with Crippen LogP contribution in [0.25, 0.3) is 10.4 Å². The fourth-order valence-corrected chi connectivity index (χ4v) is 3.24. The second kappa shape index (κ2) is 8.88. The number of carbonyl (C=O) groups excluding carboxylic acids is 1. The molecule has 2 heterocycles. The van der Waals surface area contributed by atoms with Gasteiger partial charge in [0.2, 0.25) is 0 Å². The van der Waals surface area contributed by atoms with Gasteiger partial charge in [-0.15, -0.1) is 16.5 Å². The van der Waals surface area contributed by atoms with E-state index in [1.807, 2.05) is 6.92 Å². The second-order valence-corrected chi connectivity index (χ2v) is 6.69. The summed E-state index contributed by atoms with van der Waals surface area (Å²) in [7, 11) is 2.03. The Kier molecular flexibility index (Phi) is 6.77. The maximum absolute atomic E-state index is 13.3. The fraction of sp³-hybridized carbons (Fsp3) is 0.312. The van der Waals surface area contributed by atoms with Crippen LogP contribution in [-0.2, 0) is 6.18 Å². The van der Waals surface area contributed by atoms with Crippen LogP contribution in [0.15, 0.2) is 39.2 Å². The Balaban J connectivity index is 2.72. The van der Waals surface area contributed by atoms with Crippen molar-refractivity contribution in [3.63, 3.8) is 0 Å². The Bertz CT molecular complexity index is 1030. The van der Waals surface area contributed by atoms with Crippen molar-refractivity contribution in [2.45, 2.75) is 18.0 Å². The van der Waals surface area contributed by atoms with E-state index in [-0.39, 0.29) is 10.4 Å². The van der Waals surface area contributed by atoms with Gasteiger partial charge in [-0.3, -0.25) is 9.59 Å². The molecule has 13 heteroatoms. The number of nitrogens with zero attached hydrogens (tertiary/aromatic N) is 6. The molecule has 1 amide bonds. The first-order valence-electron chi connectivity index (χ1n) is 8.00. The van der Waals surface area contributed by atoms with Gasteiger partial charge in [0.25, 0.3) is 5.91 Å². The number of azide groups is 1. The Morgan fingerprint density at radius 3 is 2.72 bits per heavy atom. The van der Waals surface area contributed by atoms with Crippen LogP contribution in [0.2, 0.25) is 0 Å². The van der Waals surface area contributed by atoms with E-state index in [1.165, 1.54) is 18.0 Å². The van der Waals surface area contributed by atoms with Crippen molar-refractivity contribution in [3.8, 4) is 0 Å². The zero-order valence-electron chi connectivity index (χ0n) is 15.5. The number of amides is 1. The number of hydrogen-bond acceptors (Lipinski definition) is 6. The number of aromatic nitrogens is 2. The first-order valence-corrected chi connectivity index (χ1v) is 8.98. The molecule has 2 rings (SSSR count). The van der Waals surface area contributed by atoms with Crippen LogP contribution in [0.5, 0.6) is 0 Å². The van der Waals surface area contributed by atoms with Crippen molar-refractivity contribution in [2.75, 3.05) is 24.8 Å². The number of alkyl halides is 3. The molecular formula is C16H15F3N6O3S. The molecule has 29 heavy (non-hydrogen) atoms. The van der Waals surface area contributed by atoms with E-state index < -0.39 is 34.7 Å². The molecule has 9 nitrogen and oxygen atoms in total. The monoisotopic (exact) mass is 428 g/mol. The third-order valence-corrected chi connectivity index (χ3v) is 4.59. The first-order chi connectivity index (χ1) is 13.7. The van der Waals surface area contributed by atoms with E-state index in [0.717, 1.165) is 19.1 Å². The average molecular weight is 428 g/mol. The van der Waals surface area contributed by atoms with E-state index in [1.54, 1.807) is 12.1 Å². The third-order valence-electron chi connectivity index (χ3n) is 3.66. The lowest BCUT2D eigenvalue weighted by atomic mass is 10.2. The maximum Gasteiger partial charge on any atom is 0.434 e. The van der Waals surface area contributed by atoms with E-state index in [0.29, 0.717) is 16.7 Å². The van der Waals surface area contributed by atoms with Crippen LogP contribution in [0.4, 0.5) is 24.5 Å². The summed E-state index contributed by atoms with van der Waals surface area (Å²) in [5.41, 5.74) is 4.66. The second-order valence-electron chi connectivity index (χ2n) is 5.38. The van der Waals surface area contributed by atoms with Crippen molar-refractivity contribution in [1.29, 1.82) is 0 Å². The number of rotatable bonds is 6. The van der Waals surface area contributed by atoms with E-state index in [2.05, 4.69) is 19.8 Å². The maximum atomic E-state index is 13.3. The summed E-state index contributed by atoms with van der Waals surface area (Å²) in [5.74, 6) is -0.133. The molecule has 154 valence electrons. The van der Waals surface area contributed by atoms with Crippen molar-refractivity contribution < 1.29 is 22.8 Å². The molecule has 0 saturated heterocycles. The Morgan fingerprint density at radius 1 is 1.48 bits per heavy atom. The van der Waals surface area contributed by atoms with Gasteiger partial charge in [0.05, 0.1) is 5.69 Å². The highest BCUT2D eigenvalue weighted by molar-refractivity contribution is 7.99. The van der Waals surface area contributed by atoms with Crippen molar-refractivity contribution in [1.82, 2.24) is 9.71 Å². The Hall–Kier alpha value is -3.18. The van der Waals surface area contributed by atoms with E-state index >= 15 is 0 Å². The van der Waals surface area contributed by atoms with Gasteiger partial charge in [0.15, 0.2) is 5.69 Å². The fourth-order valence-electron chi connectivity index (χ4n) is 2.47.